The van der Waals surface area contributed by atoms with Crippen LogP contribution in [-0.4, -0.2) is 23.0 Å². The van der Waals surface area contributed by atoms with Crippen LogP contribution in [0.25, 0.3) is 11.3 Å². The number of amides is 1. The Morgan fingerprint density at radius 1 is 1.29 bits per heavy atom. The van der Waals surface area contributed by atoms with Gasteiger partial charge in [-0.2, -0.15) is 0 Å². The molecule has 0 aliphatic heterocycles. The van der Waals surface area contributed by atoms with Gasteiger partial charge >= 0.3 is 0 Å². The number of primary amides is 1. The minimum Gasteiger partial charge on any atom is -0.496 e. The van der Waals surface area contributed by atoms with Gasteiger partial charge < -0.3 is 10.5 Å². The molecule has 2 N–H and O–H groups in total. The Balaban J connectivity index is 2.52. The number of benzene rings is 1. The molecular weight excluding hydrogens is 218 g/mol. The number of aromatic nitrogens is 2. The van der Waals surface area contributed by atoms with E-state index < -0.39 is 5.91 Å². The Hall–Kier alpha value is -2.43. The fourth-order valence-corrected chi connectivity index (χ4v) is 1.50. The molecule has 1 aromatic heterocycles. The van der Waals surface area contributed by atoms with Crippen molar-refractivity contribution in [2.45, 2.75) is 0 Å². The molecule has 0 fully saturated rings. The number of ether oxygens (including phenoxy) is 1. The van der Waals surface area contributed by atoms with E-state index in [-0.39, 0.29) is 5.69 Å². The van der Waals surface area contributed by atoms with E-state index >= 15 is 0 Å². The van der Waals surface area contributed by atoms with Crippen molar-refractivity contribution in [3.05, 3.63) is 42.4 Å². The summed E-state index contributed by atoms with van der Waals surface area (Å²) in [5.41, 5.74) is 6.75. The fourth-order valence-electron chi connectivity index (χ4n) is 1.50. The second kappa shape index (κ2) is 4.61. The number of hydrogen-bond donors (Lipinski definition) is 1. The average Bonchev–Trinajstić information content (AvgIpc) is 2.39. The molecule has 2 rings (SSSR count). The van der Waals surface area contributed by atoms with E-state index in [0.29, 0.717) is 11.4 Å². The monoisotopic (exact) mass is 229 g/mol. The van der Waals surface area contributed by atoms with Crippen molar-refractivity contribution in [2.75, 3.05) is 7.11 Å². The highest BCUT2D eigenvalue weighted by molar-refractivity contribution is 5.91. The molecule has 0 unspecified atom stereocenters. The minimum atomic E-state index is -0.580. The number of carbonyl (C=O) groups is 1. The normalized spacial score (nSPS) is 9.94. The Morgan fingerprint density at radius 3 is 2.76 bits per heavy atom. The second-order valence-electron chi connectivity index (χ2n) is 3.35. The molecule has 5 nitrogen and oxygen atoms in total. The standard InChI is InChI=1S/C12H11N3O2/c1-17-11-5-3-2-4-8(11)9-6-10(12(13)16)15-7-14-9/h2-7H,1H3,(H2,13,16). The molecule has 0 aliphatic carbocycles. The SMILES string of the molecule is COc1ccccc1-c1cc(C(N)=O)ncn1. The molecule has 0 radical (unpaired) electrons. The fraction of sp³-hybridized carbons (Fsp3) is 0.0833. The average molecular weight is 229 g/mol. The van der Waals surface area contributed by atoms with E-state index in [9.17, 15) is 4.79 Å². The first-order valence-electron chi connectivity index (χ1n) is 4.97. The summed E-state index contributed by atoms with van der Waals surface area (Å²) < 4.78 is 5.22. The Morgan fingerprint density at radius 2 is 2.06 bits per heavy atom. The van der Waals surface area contributed by atoms with Gasteiger partial charge in [-0.05, 0) is 18.2 Å². The van der Waals surface area contributed by atoms with Crippen molar-refractivity contribution in [3.63, 3.8) is 0 Å². The topological polar surface area (TPSA) is 78.1 Å². The molecule has 0 aliphatic rings. The van der Waals surface area contributed by atoms with E-state index in [4.69, 9.17) is 10.5 Å². The Kier molecular flexibility index (Phi) is 3.00. The third-order valence-corrected chi connectivity index (χ3v) is 2.30. The molecule has 0 saturated carbocycles. The molecule has 1 heterocycles. The summed E-state index contributed by atoms with van der Waals surface area (Å²) in [6.07, 6.45) is 1.31. The second-order valence-corrected chi connectivity index (χ2v) is 3.35. The third kappa shape index (κ3) is 2.23. The van der Waals surface area contributed by atoms with Crippen LogP contribution in [-0.2, 0) is 0 Å². The van der Waals surface area contributed by atoms with E-state index in [1.807, 2.05) is 24.3 Å². The smallest absolute Gasteiger partial charge is 0.267 e. The number of carbonyl (C=O) groups excluding carboxylic acids is 1. The third-order valence-electron chi connectivity index (χ3n) is 2.30. The number of hydrogen-bond acceptors (Lipinski definition) is 4. The summed E-state index contributed by atoms with van der Waals surface area (Å²) in [7, 11) is 1.58. The number of methoxy groups -OCH3 is 1. The predicted octanol–water partition coefficient (Wildman–Crippen LogP) is 1.25. The zero-order valence-corrected chi connectivity index (χ0v) is 9.25. The highest BCUT2D eigenvalue weighted by Crippen LogP contribution is 2.27. The number of para-hydroxylation sites is 1. The van der Waals surface area contributed by atoms with E-state index in [1.165, 1.54) is 6.33 Å². The zero-order chi connectivity index (χ0) is 12.3. The number of nitrogens with zero attached hydrogens (tertiary/aromatic N) is 2. The van der Waals surface area contributed by atoms with Crippen LogP contribution in [0.3, 0.4) is 0 Å². The quantitative estimate of drug-likeness (QED) is 0.859. The van der Waals surface area contributed by atoms with Crippen LogP contribution in [0.4, 0.5) is 0 Å². The molecule has 2 aromatic rings. The van der Waals surface area contributed by atoms with Gasteiger partial charge in [-0.15, -0.1) is 0 Å². The van der Waals surface area contributed by atoms with Gasteiger partial charge in [0.1, 0.15) is 17.8 Å². The highest BCUT2D eigenvalue weighted by Gasteiger charge is 2.09. The van der Waals surface area contributed by atoms with Gasteiger partial charge in [0.25, 0.3) is 5.91 Å². The van der Waals surface area contributed by atoms with Crippen LogP contribution < -0.4 is 10.5 Å². The lowest BCUT2D eigenvalue weighted by Gasteiger charge is -2.07. The maximum Gasteiger partial charge on any atom is 0.267 e. The van der Waals surface area contributed by atoms with Gasteiger partial charge in [0.05, 0.1) is 12.8 Å². The first-order chi connectivity index (χ1) is 8.22. The molecule has 1 amide bonds. The van der Waals surface area contributed by atoms with E-state index in [1.54, 1.807) is 13.2 Å². The van der Waals surface area contributed by atoms with Crippen molar-refractivity contribution >= 4 is 5.91 Å². The molecule has 1 aromatic carbocycles. The Bertz CT molecular complexity index is 555. The maximum absolute atomic E-state index is 11.0. The van der Waals surface area contributed by atoms with Crippen LogP contribution >= 0.6 is 0 Å². The molecule has 0 bridgehead atoms. The molecular formula is C12H11N3O2. The zero-order valence-electron chi connectivity index (χ0n) is 9.25. The van der Waals surface area contributed by atoms with Crippen molar-refractivity contribution in [1.82, 2.24) is 9.97 Å². The summed E-state index contributed by atoms with van der Waals surface area (Å²) in [5.74, 6) is 0.102. The van der Waals surface area contributed by atoms with Crippen molar-refractivity contribution in [3.8, 4) is 17.0 Å². The Labute approximate surface area is 98.3 Å². The minimum absolute atomic E-state index is 0.181. The van der Waals surface area contributed by atoms with Gasteiger partial charge in [-0.1, -0.05) is 12.1 Å². The van der Waals surface area contributed by atoms with Gasteiger partial charge in [-0.3, -0.25) is 4.79 Å². The van der Waals surface area contributed by atoms with Crippen molar-refractivity contribution < 1.29 is 9.53 Å². The maximum atomic E-state index is 11.0. The van der Waals surface area contributed by atoms with Gasteiger partial charge in [-0.25, -0.2) is 9.97 Å². The predicted molar refractivity (Wildman–Crippen MR) is 62.5 cm³/mol. The summed E-state index contributed by atoms with van der Waals surface area (Å²) in [6.45, 7) is 0. The largest absolute Gasteiger partial charge is 0.496 e. The van der Waals surface area contributed by atoms with Crippen molar-refractivity contribution in [1.29, 1.82) is 0 Å². The van der Waals surface area contributed by atoms with Crippen LogP contribution in [0, 0.1) is 0 Å². The van der Waals surface area contributed by atoms with Gasteiger partial charge in [0, 0.05) is 5.56 Å². The first-order valence-corrected chi connectivity index (χ1v) is 4.97. The van der Waals surface area contributed by atoms with E-state index in [2.05, 4.69) is 9.97 Å². The molecule has 0 saturated heterocycles. The van der Waals surface area contributed by atoms with Gasteiger partial charge in [0.15, 0.2) is 0 Å². The highest BCUT2D eigenvalue weighted by atomic mass is 16.5. The van der Waals surface area contributed by atoms with Crippen LogP contribution in [0.2, 0.25) is 0 Å². The summed E-state index contributed by atoms with van der Waals surface area (Å²) >= 11 is 0. The first kappa shape index (κ1) is 11.1. The summed E-state index contributed by atoms with van der Waals surface area (Å²) in [4.78, 5) is 18.9. The number of nitrogens with two attached hydrogens (primary N) is 1. The molecule has 17 heavy (non-hydrogen) atoms. The summed E-state index contributed by atoms with van der Waals surface area (Å²) in [5, 5.41) is 0. The van der Waals surface area contributed by atoms with Crippen LogP contribution in [0.15, 0.2) is 36.7 Å². The van der Waals surface area contributed by atoms with Crippen LogP contribution in [0.5, 0.6) is 5.75 Å². The summed E-state index contributed by atoms with van der Waals surface area (Å²) in [6, 6.07) is 8.94. The van der Waals surface area contributed by atoms with E-state index in [0.717, 1.165) is 5.56 Å². The lowest BCUT2D eigenvalue weighted by molar-refractivity contribution is 0.0995. The lowest BCUT2D eigenvalue weighted by Crippen LogP contribution is -2.13. The van der Waals surface area contributed by atoms with Gasteiger partial charge in [0.2, 0.25) is 0 Å². The van der Waals surface area contributed by atoms with Crippen molar-refractivity contribution in [2.24, 2.45) is 5.73 Å². The molecule has 0 spiro atoms. The molecule has 0 atom stereocenters. The molecule has 5 heteroatoms. The van der Waals surface area contributed by atoms with Crippen LogP contribution in [0.1, 0.15) is 10.5 Å². The number of rotatable bonds is 3. The lowest BCUT2D eigenvalue weighted by atomic mass is 10.1. The molecule has 86 valence electrons.